The number of amides is 1. The molecule has 0 saturated carbocycles. The summed E-state index contributed by atoms with van der Waals surface area (Å²) in [5, 5.41) is 9.72. The number of rotatable bonds is 8. The minimum absolute atomic E-state index is 0.0807. The largest absolute Gasteiger partial charge is 0.410 e. The maximum Gasteiger partial charge on any atom is 0.335 e. The van der Waals surface area contributed by atoms with Gasteiger partial charge in [-0.15, -0.1) is 5.10 Å². The summed E-state index contributed by atoms with van der Waals surface area (Å²) in [5.41, 5.74) is 2.15. The average molecular weight is 406 g/mol. The third-order valence-electron chi connectivity index (χ3n) is 4.09. The van der Waals surface area contributed by atoms with Crippen molar-refractivity contribution in [1.29, 1.82) is 0 Å². The molecule has 1 aromatic carbocycles. The maximum atomic E-state index is 12.4. The van der Waals surface area contributed by atoms with Gasteiger partial charge < -0.3 is 9.73 Å². The van der Waals surface area contributed by atoms with E-state index in [2.05, 4.69) is 29.4 Å². The van der Waals surface area contributed by atoms with E-state index in [1.54, 1.807) is 6.08 Å². The topological polar surface area (TPSA) is 102 Å². The Balaban J connectivity index is 2.11. The Labute approximate surface area is 166 Å². The van der Waals surface area contributed by atoms with Crippen LogP contribution >= 0.6 is 0 Å². The molecule has 0 bridgehead atoms. The van der Waals surface area contributed by atoms with Gasteiger partial charge in [-0.2, -0.15) is 0 Å². The zero-order chi connectivity index (χ0) is 20.9. The molecule has 0 spiro atoms. The predicted molar refractivity (Wildman–Crippen MR) is 107 cm³/mol. The Morgan fingerprint density at radius 3 is 2.29 bits per heavy atom. The fourth-order valence-corrected chi connectivity index (χ4v) is 3.01. The molecule has 0 saturated heterocycles. The maximum absolute atomic E-state index is 12.4. The molecule has 152 valence electrons. The van der Waals surface area contributed by atoms with E-state index in [1.807, 2.05) is 38.1 Å². The van der Waals surface area contributed by atoms with Crippen molar-refractivity contribution in [2.24, 2.45) is 5.92 Å². The van der Waals surface area contributed by atoms with Crippen LogP contribution in [0, 0.1) is 5.92 Å². The Bertz CT molecular complexity index is 929. The number of nitrogens with zero attached hydrogens (tertiary/aromatic N) is 2. The highest BCUT2D eigenvalue weighted by molar-refractivity contribution is 7.90. The standard InChI is InChI=1S/C20H27N3O4S/c1-13(2)12-17(19-22-23-20(27-19)28(5,25)26)21-18(24)11-8-15-6-9-16(10-7-15)14(3)4/h6-11,13-14,17H,12H2,1-5H3,(H,21,24)/b11-8+/t17-/m0/s1. The van der Waals surface area contributed by atoms with Crippen molar-refractivity contribution in [1.82, 2.24) is 15.5 Å². The Morgan fingerprint density at radius 2 is 1.79 bits per heavy atom. The van der Waals surface area contributed by atoms with Crippen molar-refractivity contribution < 1.29 is 17.6 Å². The van der Waals surface area contributed by atoms with E-state index in [9.17, 15) is 13.2 Å². The van der Waals surface area contributed by atoms with Crippen LogP contribution in [0.1, 0.15) is 63.1 Å². The van der Waals surface area contributed by atoms with Gasteiger partial charge in [-0.25, -0.2) is 8.42 Å². The molecule has 0 aliphatic heterocycles. The molecule has 0 aliphatic carbocycles. The number of benzene rings is 1. The van der Waals surface area contributed by atoms with Gasteiger partial charge in [0, 0.05) is 12.3 Å². The fourth-order valence-electron chi connectivity index (χ4n) is 2.59. The lowest BCUT2D eigenvalue weighted by atomic mass is 10.0. The zero-order valence-electron chi connectivity index (χ0n) is 16.8. The van der Waals surface area contributed by atoms with E-state index < -0.39 is 21.1 Å². The molecule has 0 radical (unpaired) electrons. The van der Waals surface area contributed by atoms with Crippen molar-refractivity contribution in [2.45, 2.75) is 51.3 Å². The summed E-state index contributed by atoms with van der Waals surface area (Å²) in [4.78, 5) is 12.4. The second-order valence-electron chi connectivity index (χ2n) is 7.52. The molecule has 2 aromatic rings. The van der Waals surface area contributed by atoms with Crippen LogP contribution in [0.25, 0.3) is 6.08 Å². The normalized spacial score (nSPS) is 13.4. The number of sulfone groups is 1. The van der Waals surface area contributed by atoms with Crippen LogP contribution in [-0.2, 0) is 14.6 Å². The number of hydrogen-bond acceptors (Lipinski definition) is 6. The van der Waals surface area contributed by atoms with Crippen molar-refractivity contribution in [3.63, 3.8) is 0 Å². The molecule has 0 unspecified atom stereocenters. The highest BCUT2D eigenvalue weighted by Gasteiger charge is 2.24. The van der Waals surface area contributed by atoms with Crippen molar-refractivity contribution in [3.8, 4) is 0 Å². The molecule has 1 atom stereocenters. The van der Waals surface area contributed by atoms with E-state index in [1.165, 1.54) is 11.6 Å². The summed E-state index contributed by atoms with van der Waals surface area (Å²) in [5.74, 6) is 0.436. The zero-order valence-corrected chi connectivity index (χ0v) is 17.7. The highest BCUT2D eigenvalue weighted by Crippen LogP contribution is 2.22. The van der Waals surface area contributed by atoms with Gasteiger partial charge in [0.25, 0.3) is 0 Å². The summed E-state index contributed by atoms with van der Waals surface area (Å²) in [6.07, 6.45) is 4.69. The Hall–Kier alpha value is -2.48. The van der Waals surface area contributed by atoms with E-state index in [0.29, 0.717) is 12.3 Å². The predicted octanol–water partition coefficient (Wildman–Crippen LogP) is 3.51. The molecule has 1 amide bonds. The molecular weight excluding hydrogens is 378 g/mol. The van der Waals surface area contributed by atoms with Crippen LogP contribution in [0.4, 0.5) is 0 Å². The Morgan fingerprint density at radius 1 is 1.14 bits per heavy atom. The van der Waals surface area contributed by atoms with Gasteiger partial charge in [0.2, 0.25) is 21.6 Å². The third kappa shape index (κ3) is 6.30. The van der Waals surface area contributed by atoms with Crippen LogP contribution in [0.3, 0.4) is 0 Å². The lowest BCUT2D eigenvalue weighted by molar-refractivity contribution is -0.117. The van der Waals surface area contributed by atoms with Crippen molar-refractivity contribution in [2.75, 3.05) is 6.26 Å². The quantitative estimate of drug-likeness (QED) is 0.674. The molecule has 1 aromatic heterocycles. The molecule has 7 nitrogen and oxygen atoms in total. The molecule has 8 heteroatoms. The number of carbonyl (C=O) groups excluding carboxylic acids is 1. The number of carbonyl (C=O) groups is 1. The monoisotopic (exact) mass is 405 g/mol. The molecule has 1 heterocycles. The van der Waals surface area contributed by atoms with E-state index in [0.717, 1.165) is 11.8 Å². The summed E-state index contributed by atoms with van der Waals surface area (Å²) >= 11 is 0. The lowest BCUT2D eigenvalue weighted by Gasteiger charge is -2.16. The molecule has 28 heavy (non-hydrogen) atoms. The second-order valence-corrected chi connectivity index (χ2v) is 9.42. The minimum Gasteiger partial charge on any atom is -0.410 e. The minimum atomic E-state index is -3.60. The van der Waals surface area contributed by atoms with Crippen LogP contribution in [0.5, 0.6) is 0 Å². The molecule has 0 fully saturated rings. The van der Waals surface area contributed by atoms with Crippen LogP contribution in [0.2, 0.25) is 0 Å². The molecule has 1 N–H and O–H groups in total. The van der Waals surface area contributed by atoms with Crippen LogP contribution < -0.4 is 5.32 Å². The highest BCUT2D eigenvalue weighted by atomic mass is 32.2. The summed E-state index contributed by atoms with van der Waals surface area (Å²) in [7, 11) is -3.60. The van der Waals surface area contributed by atoms with Gasteiger partial charge in [-0.05, 0) is 35.5 Å². The summed E-state index contributed by atoms with van der Waals surface area (Å²) < 4.78 is 28.3. The van der Waals surface area contributed by atoms with Gasteiger partial charge in [0.15, 0.2) is 0 Å². The van der Waals surface area contributed by atoms with Crippen molar-refractivity contribution >= 4 is 21.8 Å². The van der Waals surface area contributed by atoms with E-state index in [-0.39, 0.29) is 17.7 Å². The smallest absolute Gasteiger partial charge is 0.335 e. The number of aromatic nitrogens is 2. The summed E-state index contributed by atoms with van der Waals surface area (Å²) in [6.45, 7) is 8.22. The third-order valence-corrected chi connectivity index (χ3v) is 4.89. The van der Waals surface area contributed by atoms with Crippen LogP contribution in [0.15, 0.2) is 40.0 Å². The average Bonchev–Trinajstić information content (AvgIpc) is 3.10. The lowest BCUT2D eigenvalue weighted by Crippen LogP contribution is -2.28. The fraction of sp³-hybridized carbons (Fsp3) is 0.450. The first-order valence-corrected chi connectivity index (χ1v) is 11.1. The molecule has 2 rings (SSSR count). The van der Waals surface area contributed by atoms with Crippen LogP contribution in [-0.4, -0.2) is 30.8 Å². The van der Waals surface area contributed by atoms with Gasteiger partial charge in [0.05, 0.1) is 0 Å². The van der Waals surface area contributed by atoms with Gasteiger partial charge in [-0.3, -0.25) is 4.79 Å². The SMILES string of the molecule is CC(C)C[C@H](NC(=O)/C=C/c1ccc(C(C)C)cc1)c1nnc(S(C)(=O)=O)o1. The summed E-state index contributed by atoms with van der Waals surface area (Å²) in [6, 6.07) is 7.43. The number of hydrogen-bond donors (Lipinski definition) is 1. The first-order valence-electron chi connectivity index (χ1n) is 9.18. The van der Waals surface area contributed by atoms with E-state index in [4.69, 9.17) is 4.42 Å². The second kappa shape index (κ2) is 9.14. The van der Waals surface area contributed by atoms with Gasteiger partial charge in [0.1, 0.15) is 6.04 Å². The first kappa shape index (κ1) is 21.8. The van der Waals surface area contributed by atoms with Crippen molar-refractivity contribution in [3.05, 3.63) is 47.4 Å². The number of nitrogens with one attached hydrogen (secondary N) is 1. The van der Waals surface area contributed by atoms with E-state index >= 15 is 0 Å². The molecular formula is C20H27N3O4S. The molecule has 0 aliphatic rings. The van der Waals surface area contributed by atoms with Gasteiger partial charge in [-0.1, -0.05) is 57.1 Å². The Kier molecular flexibility index (Phi) is 7.12. The first-order chi connectivity index (χ1) is 13.1. The van der Waals surface area contributed by atoms with Gasteiger partial charge >= 0.3 is 5.22 Å².